The summed E-state index contributed by atoms with van der Waals surface area (Å²) in [6.07, 6.45) is 1.11. The highest BCUT2D eigenvalue weighted by molar-refractivity contribution is 5.97. The van der Waals surface area contributed by atoms with Crippen LogP contribution in [0.2, 0.25) is 0 Å². The molecule has 2 amide bonds. The zero-order valence-electron chi connectivity index (χ0n) is 19.2. The number of amides is 2. The number of halogens is 1. The molecule has 174 valence electrons. The van der Waals surface area contributed by atoms with Gasteiger partial charge in [-0.2, -0.15) is 0 Å². The minimum absolute atomic E-state index is 0.0934. The molecule has 7 nitrogen and oxygen atoms in total. The Morgan fingerprint density at radius 1 is 1.33 bits per heavy atom. The number of aromatic nitrogens is 1. The summed E-state index contributed by atoms with van der Waals surface area (Å²) in [7, 11) is 1.69. The summed E-state index contributed by atoms with van der Waals surface area (Å²) in [5.74, 6) is 5.18. The average molecular weight is 454 g/mol. The molecule has 1 aliphatic rings. The van der Waals surface area contributed by atoms with E-state index in [1.165, 1.54) is 25.3 Å². The van der Waals surface area contributed by atoms with Gasteiger partial charge < -0.3 is 19.6 Å². The highest BCUT2D eigenvalue weighted by Gasteiger charge is 2.34. The molecule has 33 heavy (non-hydrogen) atoms. The minimum Gasteiger partial charge on any atom is -0.472 e. The number of fused-ring (bicyclic) bond motifs is 1. The molecule has 3 atom stereocenters. The van der Waals surface area contributed by atoms with Crippen LogP contribution >= 0.6 is 0 Å². The molecule has 0 saturated heterocycles. The SMILES string of the molecule is CC(=O)N(C)C[C@@H]1Oc2ncc(C#Cc3ccc(F)cc3)cc2C(=O)N([C@H](C)CO)C[C@@H]1C. The second kappa shape index (κ2) is 10.5. The lowest BCUT2D eigenvalue weighted by molar-refractivity contribution is -0.129. The summed E-state index contributed by atoms with van der Waals surface area (Å²) in [6, 6.07) is 6.99. The third-order valence-electron chi connectivity index (χ3n) is 5.71. The van der Waals surface area contributed by atoms with Gasteiger partial charge in [-0.05, 0) is 37.3 Å². The number of rotatable bonds is 4. The van der Waals surface area contributed by atoms with Crippen LogP contribution in [0.15, 0.2) is 36.5 Å². The van der Waals surface area contributed by atoms with E-state index >= 15 is 0 Å². The van der Waals surface area contributed by atoms with Crippen LogP contribution in [0.1, 0.15) is 42.3 Å². The lowest BCUT2D eigenvalue weighted by Gasteiger charge is -2.37. The number of carbonyl (C=O) groups is 2. The van der Waals surface area contributed by atoms with Gasteiger partial charge in [-0.15, -0.1) is 0 Å². The molecule has 0 saturated carbocycles. The number of aliphatic hydroxyl groups excluding tert-OH is 1. The van der Waals surface area contributed by atoms with Crippen LogP contribution in [0.3, 0.4) is 0 Å². The van der Waals surface area contributed by atoms with E-state index in [4.69, 9.17) is 4.74 Å². The Morgan fingerprint density at radius 3 is 2.64 bits per heavy atom. The Hall–Kier alpha value is -3.44. The third kappa shape index (κ3) is 5.88. The monoisotopic (exact) mass is 453 g/mol. The molecule has 0 fully saturated rings. The van der Waals surface area contributed by atoms with Crippen molar-refractivity contribution < 1.29 is 23.8 Å². The topological polar surface area (TPSA) is 83.0 Å². The number of likely N-dealkylation sites (N-methyl/N-ethyl adjacent to an activating group) is 1. The van der Waals surface area contributed by atoms with Crippen LogP contribution < -0.4 is 4.74 Å². The Kier molecular flexibility index (Phi) is 7.67. The van der Waals surface area contributed by atoms with Crippen molar-refractivity contribution in [2.24, 2.45) is 5.92 Å². The number of hydrogen-bond donors (Lipinski definition) is 1. The minimum atomic E-state index is -0.411. The van der Waals surface area contributed by atoms with Gasteiger partial charge in [-0.1, -0.05) is 18.8 Å². The molecule has 2 heterocycles. The second-order valence-electron chi connectivity index (χ2n) is 8.36. The van der Waals surface area contributed by atoms with Crippen LogP contribution in [0.4, 0.5) is 4.39 Å². The normalized spacial score (nSPS) is 18.7. The molecule has 1 aromatic heterocycles. The van der Waals surface area contributed by atoms with Crippen molar-refractivity contribution in [3.63, 3.8) is 0 Å². The maximum Gasteiger partial charge on any atom is 0.259 e. The number of ether oxygens (including phenoxy) is 1. The fourth-order valence-electron chi connectivity index (χ4n) is 3.46. The summed E-state index contributed by atoms with van der Waals surface area (Å²) < 4.78 is 19.2. The molecular weight excluding hydrogens is 425 g/mol. The molecule has 1 aliphatic heterocycles. The Bertz CT molecular complexity index is 1080. The van der Waals surface area contributed by atoms with Crippen molar-refractivity contribution >= 4 is 11.8 Å². The van der Waals surface area contributed by atoms with Gasteiger partial charge in [-0.3, -0.25) is 9.59 Å². The lowest BCUT2D eigenvalue weighted by atomic mass is 10.00. The number of benzene rings is 1. The molecule has 0 aliphatic carbocycles. The van der Waals surface area contributed by atoms with Gasteiger partial charge in [0, 0.05) is 43.8 Å². The van der Waals surface area contributed by atoms with E-state index < -0.39 is 12.1 Å². The number of aliphatic hydroxyl groups is 1. The van der Waals surface area contributed by atoms with Gasteiger partial charge in [-0.25, -0.2) is 9.37 Å². The number of hydrogen-bond acceptors (Lipinski definition) is 5. The maximum atomic E-state index is 13.4. The summed E-state index contributed by atoms with van der Waals surface area (Å²) in [6.45, 7) is 5.69. The molecule has 1 aromatic carbocycles. The highest BCUT2D eigenvalue weighted by Crippen LogP contribution is 2.27. The third-order valence-corrected chi connectivity index (χ3v) is 5.71. The van der Waals surface area contributed by atoms with Crippen molar-refractivity contribution in [3.8, 4) is 17.7 Å². The number of nitrogens with zero attached hydrogens (tertiary/aromatic N) is 3. The first-order chi connectivity index (χ1) is 15.7. The van der Waals surface area contributed by atoms with Gasteiger partial charge in [0.25, 0.3) is 5.91 Å². The Labute approximate surface area is 193 Å². The molecule has 0 spiro atoms. The Balaban J connectivity index is 1.99. The zero-order chi connectivity index (χ0) is 24.1. The molecule has 1 N–H and O–H groups in total. The summed E-state index contributed by atoms with van der Waals surface area (Å²) in [4.78, 5) is 32.7. The maximum absolute atomic E-state index is 13.4. The van der Waals surface area contributed by atoms with Gasteiger partial charge in [0.05, 0.1) is 19.2 Å². The van der Waals surface area contributed by atoms with E-state index in [1.807, 2.05) is 6.92 Å². The second-order valence-corrected chi connectivity index (χ2v) is 8.36. The molecule has 2 aromatic rings. The van der Waals surface area contributed by atoms with Gasteiger partial charge in [0.1, 0.15) is 17.5 Å². The summed E-state index contributed by atoms with van der Waals surface area (Å²) in [5.41, 5.74) is 1.36. The van der Waals surface area contributed by atoms with Gasteiger partial charge in [0.15, 0.2) is 0 Å². The van der Waals surface area contributed by atoms with E-state index in [1.54, 1.807) is 42.0 Å². The highest BCUT2D eigenvalue weighted by atomic mass is 19.1. The van der Waals surface area contributed by atoms with E-state index in [-0.39, 0.29) is 41.6 Å². The van der Waals surface area contributed by atoms with Crippen LogP contribution in [0.25, 0.3) is 0 Å². The van der Waals surface area contributed by atoms with Crippen molar-refractivity contribution in [2.45, 2.75) is 32.9 Å². The van der Waals surface area contributed by atoms with E-state index in [2.05, 4.69) is 16.8 Å². The first-order valence-electron chi connectivity index (χ1n) is 10.8. The molecule has 3 rings (SSSR count). The zero-order valence-corrected chi connectivity index (χ0v) is 19.2. The average Bonchev–Trinajstić information content (AvgIpc) is 2.80. The lowest BCUT2D eigenvalue weighted by Crippen LogP contribution is -2.50. The Morgan fingerprint density at radius 2 is 2.00 bits per heavy atom. The first kappa shape index (κ1) is 24.2. The van der Waals surface area contributed by atoms with Crippen molar-refractivity contribution in [1.82, 2.24) is 14.8 Å². The fourth-order valence-corrected chi connectivity index (χ4v) is 3.46. The molecule has 0 unspecified atom stereocenters. The summed E-state index contributed by atoms with van der Waals surface area (Å²) >= 11 is 0. The summed E-state index contributed by atoms with van der Waals surface area (Å²) in [5, 5.41) is 9.73. The van der Waals surface area contributed by atoms with Crippen LogP contribution in [-0.4, -0.2) is 70.6 Å². The van der Waals surface area contributed by atoms with Crippen molar-refractivity contribution in [2.75, 3.05) is 26.7 Å². The van der Waals surface area contributed by atoms with E-state index in [0.717, 1.165) is 0 Å². The van der Waals surface area contributed by atoms with Crippen LogP contribution in [0, 0.1) is 23.6 Å². The largest absolute Gasteiger partial charge is 0.472 e. The number of carbonyl (C=O) groups excluding carboxylic acids is 2. The first-order valence-corrected chi connectivity index (χ1v) is 10.8. The predicted molar refractivity (Wildman–Crippen MR) is 121 cm³/mol. The van der Waals surface area contributed by atoms with E-state index in [9.17, 15) is 19.1 Å². The van der Waals surface area contributed by atoms with Crippen molar-refractivity contribution in [3.05, 3.63) is 59.0 Å². The van der Waals surface area contributed by atoms with Crippen LogP contribution in [-0.2, 0) is 4.79 Å². The van der Waals surface area contributed by atoms with Crippen molar-refractivity contribution in [1.29, 1.82) is 0 Å². The quantitative estimate of drug-likeness (QED) is 0.719. The molecular formula is C25H28FN3O4. The molecule has 0 radical (unpaired) electrons. The van der Waals surface area contributed by atoms with Gasteiger partial charge >= 0.3 is 0 Å². The smallest absolute Gasteiger partial charge is 0.259 e. The standard InChI is InChI=1S/C25H28FN3O4/c1-16-13-29(17(2)15-30)25(32)22-11-20(6-5-19-7-9-21(26)10-8-19)12-27-24(22)33-23(16)14-28(4)18(3)31/h7-12,16-17,23,30H,13-15H2,1-4H3/t16-,17+,23-/m0/s1. The fraction of sp³-hybridized carbons (Fsp3) is 0.400. The van der Waals surface area contributed by atoms with Crippen LogP contribution in [0.5, 0.6) is 5.88 Å². The molecule has 0 bridgehead atoms. The predicted octanol–water partition coefficient (Wildman–Crippen LogP) is 2.32. The molecule has 8 heteroatoms. The van der Waals surface area contributed by atoms with E-state index in [0.29, 0.717) is 24.2 Å². The van der Waals surface area contributed by atoms with Gasteiger partial charge in [0.2, 0.25) is 11.8 Å². The number of pyridine rings is 1.